The first-order valence-electron chi connectivity index (χ1n) is 7.41. The van der Waals surface area contributed by atoms with Crippen LogP contribution >= 0.6 is 12.2 Å². The zero-order chi connectivity index (χ0) is 15.9. The fraction of sp³-hybridized carbons (Fsp3) is 0.278. The SMILES string of the molecule is Cc1ccc(CCCNC(=S)Nc2ccc(F)cc2)c(C)c1. The molecule has 116 valence electrons. The number of rotatable bonds is 5. The van der Waals surface area contributed by atoms with Gasteiger partial charge < -0.3 is 10.6 Å². The lowest BCUT2D eigenvalue weighted by atomic mass is 10.0. The Morgan fingerprint density at radius 2 is 1.82 bits per heavy atom. The zero-order valence-electron chi connectivity index (χ0n) is 12.9. The van der Waals surface area contributed by atoms with E-state index in [0.717, 1.165) is 25.1 Å². The number of halogens is 1. The molecule has 2 rings (SSSR count). The normalized spacial score (nSPS) is 10.3. The van der Waals surface area contributed by atoms with Crippen LogP contribution in [-0.2, 0) is 6.42 Å². The molecule has 0 aliphatic rings. The van der Waals surface area contributed by atoms with E-state index in [1.165, 1.54) is 28.8 Å². The summed E-state index contributed by atoms with van der Waals surface area (Å²) < 4.78 is 12.8. The lowest BCUT2D eigenvalue weighted by Crippen LogP contribution is -2.29. The molecule has 0 saturated heterocycles. The molecule has 2 N–H and O–H groups in total. The third kappa shape index (κ3) is 5.11. The van der Waals surface area contributed by atoms with Crippen LogP contribution in [0.3, 0.4) is 0 Å². The second kappa shape index (κ2) is 7.90. The summed E-state index contributed by atoms with van der Waals surface area (Å²) in [7, 11) is 0. The molecular weight excluding hydrogens is 295 g/mol. The number of nitrogens with one attached hydrogen (secondary N) is 2. The highest BCUT2D eigenvalue weighted by molar-refractivity contribution is 7.80. The Balaban J connectivity index is 1.72. The second-order valence-electron chi connectivity index (χ2n) is 5.42. The van der Waals surface area contributed by atoms with Crippen molar-refractivity contribution in [3.05, 3.63) is 65.0 Å². The summed E-state index contributed by atoms with van der Waals surface area (Å²) >= 11 is 5.23. The first-order chi connectivity index (χ1) is 10.5. The van der Waals surface area contributed by atoms with E-state index < -0.39 is 0 Å². The second-order valence-corrected chi connectivity index (χ2v) is 5.83. The molecule has 0 spiro atoms. The Kier molecular flexibility index (Phi) is 5.90. The summed E-state index contributed by atoms with van der Waals surface area (Å²) in [6, 6.07) is 12.7. The molecule has 0 fully saturated rings. The topological polar surface area (TPSA) is 24.1 Å². The van der Waals surface area contributed by atoms with Crippen LogP contribution < -0.4 is 10.6 Å². The Hall–Kier alpha value is -1.94. The van der Waals surface area contributed by atoms with Gasteiger partial charge in [-0.05, 0) is 74.3 Å². The van der Waals surface area contributed by atoms with Crippen LogP contribution in [0.15, 0.2) is 42.5 Å². The average molecular weight is 316 g/mol. The Morgan fingerprint density at radius 1 is 1.09 bits per heavy atom. The third-order valence-corrected chi connectivity index (χ3v) is 3.76. The van der Waals surface area contributed by atoms with Crippen molar-refractivity contribution in [1.29, 1.82) is 0 Å². The van der Waals surface area contributed by atoms with Gasteiger partial charge in [-0.1, -0.05) is 23.8 Å². The average Bonchev–Trinajstić information content (AvgIpc) is 2.48. The number of thiocarbonyl (C=S) groups is 1. The van der Waals surface area contributed by atoms with Crippen molar-refractivity contribution in [3.63, 3.8) is 0 Å². The van der Waals surface area contributed by atoms with Crippen molar-refractivity contribution in [2.45, 2.75) is 26.7 Å². The van der Waals surface area contributed by atoms with E-state index in [0.29, 0.717) is 5.11 Å². The molecule has 4 heteroatoms. The predicted octanol–water partition coefficient (Wildman–Crippen LogP) is 4.36. The molecule has 2 aromatic rings. The van der Waals surface area contributed by atoms with E-state index in [9.17, 15) is 4.39 Å². The van der Waals surface area contributed by atoms with Crippen LogP contribution in [0.5, 0.6) is 0 Å². The molecule has 0 amide bonds. The van der Waals surface area contributed by atoms with Crippen LogP contribution in [0.4, 0.5) is 10.1 Å². The van der Waals surface area contributed by atoms with Crippen molar-refractivity contribution in [2.75, 3.05) is 11.9 Å². The fourth-order valence-corrected chi connectivity index (χ4v) is 2.54. The first kappa shape index (κ1) is 16.4. The van der Waals surface area contributed by atoms with Gasteiger partial charge in [0.25, 0.3) is 0 Å². The summed E-state index contributed by atoms with van der Waals surface area (Å²) in [5.41, 5.74) is 4.80. The molecule has 0 radical (unpaired) electrons. The fourth-order valence-electron chi connectivity index (χ4n) is 2.32. The highest BCUT2D eigenvalue weighted by Crippen LogP contribution is 2.12. The summed E-state index contributed by atoms with van der Waals surface area (Å²) in [5, 5.41) is 6.78. The van der Waals surface area contributed by atoms with E-state index >= 15 is 0 Å². The van der Waals surface area contributed by atoms with Crippen molar-refractivity contribution in [3.8, 4) is 0 Å². The first-order valence-corrected chi connectivity index (χ1v) is 7.82. The van der Waals surface area contributed by atoms with Crippen LogP contribution in [0.1, 0.15) is 23.1 Å². The predicted molar refractivity (Wildman–Crippen MR) is 94.9 cm³/mol. The van der Waals surface area contributed by atoms with E-state index in [4.69, 9.17) is 12.2 Å². The monoisotopic (exact) mass is 316 g/mol. The maximum Gasteiger partial charge on any atom is 0.170 e. The molecule has 0 bridgehead atoms. The lowest BCUT2D eigenvalue weighted by molar-refractivity contribution is 0.628. The molecule has 0 aromatic heterocycles. The molecule has 0 heterocycles. The highest BCUT2D eigenvalue weighted by atomic mass is 32.1. The van der Waals surface area contributed by atoms with Crippen molar-refractivity contribution < 1.29 is 4.39 Å². The van der Waals surface area contributed by atoms with E-state index in [2.05, 4.69) is 42.7 Å². The minimum atomic E-state index is -0.252. The van der Waals surface area contributed by atoms with Gasteiger partial charge in [0, 0.05) is 12.2 Å². The molecule has 22 heavy (non-hydrogen) atoms. The van der Waals surface area contributed by atoms with Gasteiger partial charge in [0.1, 0.15) is 5.82 Å². The maximum absolute atomic E-state index is 12.8. The van der Waals surface area contributed by atoms with Gasteiger partial charge in [-0.25, -0.2) is 4.39 Å². The van der Waals surface area contributed by atoms with Crippen LogP contribution in [0.2, 0.25) is 0 Å². The van der Waals surface area contributed by atoms with Crippen molar-refractivity contribution >= 4 is 23.0 Å². The van der Waals surface area contributed by atoms with Gasteiger partial charge in [-0.2, -0.15) is 0 Å². The molecule has 0 atom stereocenters. The van der Waals surface area contributed by atoms with Gasteiger partial charge in [0.2, 0.25) is 0 Å². The number of aryl methyl sites for hydroxylation is 3. The molecule has 0 aliphatic carbocycles. The van der Waals surface area contributed by atoms with Gasteiger partial charge >= 0.3 is 0 Å². The van der Waals surface area contributed by atoms with E-state index in [1.807, 2.05) is 0 Å². The molecule has 2 nitrogen and oxygen atoms in total. The molecule has 0 aliphatic heterocycles. The number of hydrogen-bond donors (Lipinski definition) is 2. The van der Waals surface area contributed by atoms with E-state index in [1.54, 1.807) is 12.1 Å². The number of benzene rings is 2. The molecule has 0 saturated carbocycles. The Labute approximate surface area is 136 Å². The third-order valence-electron chi connectivity index (χ3n) is 3.51. The van der Waals surface area contributed by atoms with Gasteiger partial charge in [-0.15, -0.1) is 0 Å². The molecule has 0 unspecified atom stereocenters. The standard InChI is InChI=1S/C18H21FN2S/c1-13-5-6-15(14(2)12-13)4-3-11-20-18(22)21-17-9-7-16(19)8-10-17/h5-10,12H,3-4,11H2,1-2H3,(H2,20,21,22). The summed E-state index contributed by atoms with van der Waals surface area (Å²) in [6.45, 7) is 5.06. The van der Waals surface area contributed by atoms with Gasteiger partial charge in [0.05, 0.1) is 0 Å². The Bertz CT molecular complexity index is 638. The van der Waals surface area contributed by atoms with Crippen LogP contribution in [-0.4, -0.2) is 11.7 Å². The smallest absolute Gasteiger partial charge is 0.170 e. The zero-order valence-corrected chi connectivity index (χ0v) is 13.8. The van der Waals surface area contributed by atoms with E-state index in [-0.39, 0.29) is 5.82 Å². The minimum Gasteiger partial charge on any atom is -0.362 e. The highest BCUT2D eigenvalue weighted by Gasteiger charge is 2.00. The van der Waals surface area contributed by atoms with Gasteiger partial charge in [-0.3, -0.25) is 0 Å². The largest absolute Gasteiger partial charge is 0.362 e. The lowest BCUT2D eigenvalue weighted by Gasteiger charge is -2.11. The van der Waals surface area contributed by atoms with Crippen molar-refractivity contribution in [1.82, 2.24) is 5.32 Å². The summed E-state index contributed by atoms with van der Waals surface area (Å²) in [6.07, 6.45) is 2.04. The maximum atomic E-state index is 12.8. The molecule has 2 aromatic carbocycles. The number of anilines is 1. The Morgan fingerprint density at radius 3 is 2.50 bits per heavy atom. The number of hydrogen-bond acceptors (Lipinski definition) is 1. The summed E-state index contributed by atoms with van der Waals surface area (Å²) in [4.78, 5) is 0. The van der Waals surface area contributed by atoms with Crippen LogP contribution in [0.25, 0.3) is 0 Å². The molecular formula is C18H21FN2S. The van der Waals surface area contributed by atoms with Crippen molar-refractivity contribution in [2.24, 2.45) is 0 Å². The van der Waals surface area contributed by atoms with Gasteiger partial charge in [0.15, 0.2) is 5.11 Å². The minimum absolute atomic E-state index is 0.252. The van der Waals surface area contributed by atoms with Crippen LogP contribution in [0, 0.1) is 19.7 Å². The summed E-state index contributed by atoms with van der Waals surface area (Å²) in [5.74, 6) is -0.252. The quantitative estimate of drug-likeness (QED) is 0.633.